The third-order valence-corrected chi connectivity index (χ3v) is 2.74. The van der Waals surface area contributed by atoms with Gasteiger partial charge in [-0.05, 0) is 44.3 Å². The SMILES string of the molecule is Cc1ccccc1-c1cc(CN(C)C)ccn1. The maximum Gasteiger partial charge on any atom is 0.0707 e. The molecule has 0 fully saturated rings. The summed E-state index contributed by atoms with van der Waals surface area (Å²) in [5.74, 6) is 0. The Morgan fingerprint density at radius 1 is 1.12 bits per heavy atom. The summed E-state index contributed by atoms with van der Waals surface area (Å²) < 4.78 is 0. The molecule has 2 heteroatoms. The van der Waals surface area contributed by atoms with Gasteiger partial charge in [-0.1, -0.05) is 24.3 Å². The molecule has 0 amide bonds. The quantitative estimate of drug-likeness (QED) is 0.799. The van der Waals surface area contributed by atoms with E-state index < -0.39 is 0 Å². The number of benzene rings is 1. The number of aromatic nitrogens is 1. The predicted octanol–water partition coefficient (Wildman–Crippen LogP) is 3.12. The molecule has 0 unspecified atom stereocenters. The Morgan fingerprint density at radius 3 is 2.59 bits per heavy atom. The van der Waals surface area contributed by atoms with Crippen LogP contribution in [0.25, 0.3) is 11.3 Å². The van der Waals surface area contributed by atoms with E-state index >= 15 is 0 Å². The third-order valence-electron chi connectivity index (χ3n) is 2.74. The average Bonchev–Trinajstić information content (AvgIpc) is 2.29. The van der Waals surface area contributed by atoms with Crippen LogP contribution in [0, 0.1) is 6.92 Å². The van der Waals surface area contributed by atoms with Gasteiger partial charge in [0.1, 0.15) is 0 Å². The van der Waals surface area contributed by atoms with E-state index in [1.54, 1.807) is 0 Å². The van der Waals surface area contributed by atoms with Crippen molar-refractivity contribution in [3.05, 3.63) is 53.7 Å². The van der Waals surface area contributed by atoms with E-state index in [1.165, 1.54) is 16.7 Å². The maximum absolute atomic E-state index is 4.46. The normalized spacial score (nSPS) is 10.8. The summed E-state index contributed by atoms with van der Waals surface area (Å²) in [5, 5.41) is 0. The lowest BCUT2D eigenvalue weighted by atomic mass is 10.0. The van der Waals surface area contributed by atoms with E-state index in [0.29, 0.717) is 0 Å². The highest BCUT2D eigenvalue weighted by Crippen LogP contribution is 2.21. The molecule has 0 aliphatic carbocycles. The second-order valence-corrected chi connectivity index (χ2v) is 4.60. The first-order valence-electron chi connectivity index (χ1n) is 5.82. The van der Waals surface area contributed by atoms with Crippen LogP contribution in [0.1, 0.15) is 11.1 Å². The molecule has 17 heavy (non-hydrogen) atoms. The van der Waals surface area contributed by atoms with Crippen molar-refractivity contribution in [1.29, 1.82) is 0 Å². The summed E-state index contributed by atoms with van der Waals surface area (Å²) >= 11 is 0. The van der Waals surface area contributed by atoms with Crippen LogP contribution in [-0.4, -0.2) is 24.0 Å². The van der Waals surface area contributed by atoms with Crippen LogP contribution in [0.2, 0.25) is 0 Å². The van der Waals surface area contributed by atoms with Gasteiger partial charge in [-0.3, -0.25) is 4.98 Å². The average molecular weight is 226 g/mol. The first-order valence-corrected chi connectivity index (χ1v) is 5.82. The van der Waals surface area contributed by atoms with Gasteiger partial charge in [-0.15, -0.1) is 0 Å². The molecule has 0 N–H and O–H groups in total. The van der Waals surface area contributed by atoms with E-state index in [-0.39, 0.29) is 0 Å². The fourth-order valence-electron chi connectivity index (χ4n) is 1.95. The topological polar surface area (TPSA) is 16.1 Å². The molecule has 0 aliphatic rings. The Balaban J connectivity index is 2.37. The fraction of sp³-hybridized carbons (Fsp3) is 0.267. The first-order chi connectivity index (χ1) is 8.16. The molecule has 1 aromatic carbocycles. The summed E-state index contributed by atoms with van der Waals surface area (Å²) in [6, 6.07) is 12.6. The van der Waals surface area contributed by atoms with Crippen molar-refractivity contribution in [2.75, 3.05) is 14.1 Å². The summed E-state index contributed by atoms with van der Waals surface area (Å²) in [6.07, 6.45) is 1.89. The standard InChI is InChI=1S/C15H18N2/c1-12-6-4-5-7-14(12)15-10-13(8-9-16-15)11-17(2)3/h4-10H,11H2,1-3H3. The monoisotopic (exact) mass is 226 g/mol. The van der Waals surface area contributed by atoms with E-state index in [4.69, 9.17) is 0 Å². The molecule has 0 saturated carbocycles. The van der Waals surface area contributed by atoms with Gasteiger partial charge in [0.05, 0.1) is 5.69 Å². The highest BCUT2D eigenvalue weighted by atomic mass is 15.0. The largest absolute Gasteiger partial charge is 0.305 e. The van der Waals surface area contributed by atoms with Crippen molar-refractivity contribution in [3.63, 3.8) is 0 Å². The van der Waals surface area contributed by atoms with Crippen molar-refractivity contribution < 1.29 is 0 Å². The van der Waals surface area contributed by atoms with Gasteiger partial charge in [-0.2, -0.15) is 0 Å². The van der Waals surface area contributed by atoms with Gasteiger partial charge in [0.15, 0.2) is 0 Å². The lowest BCUT2D eigenvalue weighted by molar-refractivity contribution is 0.402. The Kier molecular flexibility index (Phi) is 3.55. The molecule has 0 aliphatic heterocycles. The van der Waals surface area contributed by atoms with Crippen molar-refractivity contribution in [2.45, 2.75) is 13.5 Å². The van der Waals surface area contributed by atoms with Gasteiger partial charge < -0.3 is 4.90 Å². The summed E-state index contributed by atoms with van der Waals surface area (Å²) in [5.41, 5.74) is 4.83. The van der Waals surface area contributed by atoms with Crippen molar-refractivity contribution in [1.82, 2.24) is 9.88 Å². The van der Waals surface area contributed by atoms with Crippen LogP contribution >= 0.6 is 0 Å². The molecule has 2 nitrogen and oxygen atoms in total. The molecular weight excluding hydrogens is 208 g/mol. The maximum atomic E-state index is 4.46. The number of aryl methyl sites for hydroxylation is 1. The number of hydrogen-bond donors (Lipinski definition) is 0. The van der Waals surface area contributed by atoms with E-state index in [1.807, 2.05) is 6.20 Å². The molecule has 2 aromatic rings. The Hall–Kier alpha value is -1.67. The lowest BCUT2D eigenvalue weighted by Crippen LogP contribution is -2.10. The molecule has 0 atom stereocenters. The number of hydrogen-bond acceptors (Lipinski definition) is 2. The van der Waals surface area contributed by atoms with E-state index in [9.17, 15) is 0 Å². The fourth-order valence-corrected chi connectivity index (χ4v) is 1.95. The van der Waals surface area contributed by atoms with Crippen molar-refractivity contribution in [3.8, 4) is 11.3 Å². The summed E-state index contributed by atoms with van der Waals surface area (Å²) in [6.45, 7) is 3.07. The van der Waals surface area contributed by atoms with Crippen LogP contribution in [0.5, 0.6) is 0 Å². The van der Waals surface area contributed by atoms with Gasteiger partial charge in [0, 0.05) is 18.3 Å². The van der Waals surface area contributed by atoms with Gasteiger partial charge in [0.25, 0.3) is 0 Å². The van der Waals surface area contributed by atoms with E-state index in [0.717, 1.165) is 12.2 Å². The molecule has 2 rings (SSSR count). The Morgan fingerprint density at radius 2 is 1.88 bits per heavy atom. The molecule has 1 aromatic heterocycles. The van der Waals surface area contributed by atoms with Crippen LogP contribution in [0.4, 0.5) is 0 Å². The molecular formula is C15H18N2. The minimum absolute atomic E-state index is 0.946. The van der Waals surface area contributed by atoms with Crippen LogP contribution in [0.15, 0.2) is 42.6 Å². The van der Waals surface area contributed by atoms with Gasteiger partial charge >= 0.3 is 0 Å². The molecule has 0 saturated heterocycles. The predicted molar refractivity (Wildman–Crippen MR) is 71.8 cm³/mol. The van der Waals surface area contributed by atoms with E-state index in [2.05, 4.69) is 67.3 Å². The number of rotatable bonds is 3. The molecule has 0 bridgehead atoms. The van der Waals surface area contributed by atoms with Crippen LogP contribution < -0.4 is 0 Å². The van der Waals surface area contributed by atoms with Crippen molar-refractivity contribution in [2.24, 2.45) is 0 Å². The van der Waals surface area contributed by atoms with Crippen LogP contribution in [0.3, 0.4) is 0 Å². The van der Waals surface area contributed by atoms with Gasteiger partial charge in [-0.25, -0.2) is 0 Å². The highest BCUT2D eigenvalue weighted by molar-refractivity contribution is 5.63. The molecule has 88 valence electrons. The first kappa shape index (κ1) is 11.8. The second-order valence-electron chi connectivity index (χ2n) is 4.60. The van der Waals surface area contributed by atoms with Gasteiger partial charge in [0.2, 0.25) is 0 Å². The van der Waals surface area contributed by atoms with Crippen molar-refractivity contribution >= 4 is 0 Å². The minimum Gasteiger partial charge on any atom is -0.305 e. The minimum atomic E-state index is 0.946. The number of pyridine rings is 1. The smallest absolute Gasteiger partial charge is 0.0707 e. The second kappa shape index (κ2) is 5.11. The lowest BCUT2D eigenvalue weighted by Gasteiger charge is -2.11. The summed E-state index contributed by atoms with van der Waals surface area (Å²) in [4.78, 5) is 6.62. The summed E-state index contributed by atoms with van der Waals surface area (Å²) in [7, 11) is 4.15. The molecule has 0 spiro atoms. The zero-order valence-electron chi connectivity index (χ0n) is 10.6. The zero-order valence-corrected chi connectivity index (χ0v) is 10.6. The third kappa shape index (κ3) is 2.92. The van der Waals surface area contributed by atoms with Crippen LogP contribution in [-0.2, 0) is 6.54 Å². The highest BCUT2D eigenvalue weighted by Gasteiger charge is 2.03. The Labute approximate surface area is 103 Å². The number of nitrogens with zero attached hydrogens (tertiary/aromatic N) is 2. The molecule has 1 heterocycles. The zero-order chi connectivity index (χ0) is 12.3. The molecule has 0 radical (unpaired) electrons. The Bertz CT molecular complexity index is 504.